The molecule has 1 aliphatic heterocycles. The lowest BCUT2D eigenvalue weighted by molar-refractivity contribution is -0.898. The molecule has 1 amide bonds. The molecule has 6 heteroatoms. The largest absolute Gasteiger partial charge is 0.496 e. The maximum absolute atomic E-state index is 13.0. The molecule has 2 N–H and O–H groups in total. The number of nitrogens with zero attached hydrogens (tertiary/aromatic N) is 1. The van der Waals surface area contributed by atoms with E-state index in [4.69, 9.17) is 16.3 Å². The van der Waals surface area contributed by atoms with E-state index in [9.17, 15) is 4.79 Å². The Morgan fingerprint density at radius 3 is 2.43 bits per heavy atom. The van der Waals surface area contributed by atoms with Crippen molar-refractivity contribution < 1.29 is 14.4 Å². The minimum absolute atomic E-state index is 0.221. The molecule has 3 aromatic carbocycles. The Morgan fingerprint density at radius 2 is 1.80 bits per heavy atom. The average molecular weight is 425 g/mol. The van der Waals surface area contributed by atoms with Crippen molar-refractivity contribution in [2.24, 2.45) is 0 Å². The lowest BCUT2D eigenvalue weighted by atomic mass is 10.1. The first-order valence-corrected chi connectivity index (χ1v) is 10.7. The lowest BCUT2D eigenvalue weighted by Gasteiger charge is -2.33. The fourth-order valence-corrected chi connectivity index (χ4v) is 4.32. The van der Waals surface area contributed by atoms with Gasteiger partial charge in [-0.15, -0.1) is 0 Å². The number of hydrogen-bond acceptors (Lipinski definition) is 3. The first-order valence-electron chi connectivity index (χ1n) is 10.3. The number of rotatable bonds is 5. The van der Waals surface area contributed by atoms with Crippen LogP contribution < -0.4 is 19.9 Å². The molecule has 3 aromatic rings. The number of amides is 1. The fraction of sp³-hybridized carbons (Fsp3) is 0.292. The zero-order chi connectivity index (χ0) is 21.1. The second-order valence-electron chi connectivity index (χ2n) is 7.61. The molecule has 0 spiro atoms. The van der Waals surface area contributed by atoms with Crippen LogP contribution in [0.1, 0.15) is 17.3 Å². The number of ether oxygens (including phenoxy) is 1. The van der Waals surface area contributed by atoms with Gasteiger partial charge in [0, 0.05) is 5.69 Å². The van der Waals surface area contributed by atoms with Crippen LogP contribution in [0.2, 0.25) is 5.02 Å². The van der Waals surface area contributed by atoms with E-state index < -0.39 is 0 Å². The van der Waals surface area contributed by atoms with Crippen LogP contribution in [0.3, 0.4) is 0 Å². The number of likely N-dealkylation sites (N-methyl/N-ethyl adjacent to an activating group) is 1. The average Bonchev–Trinajstić information content (AvgIpc) is 2.78. The van der Waals surface area contributed by atoms with Gasteiger partial charge in [0.25, 0.3) is 5.91 Å². The Morgan fingerprint density at radius 1 is 1.10 bits per heavy atom. The van der Waals surface area contributed by atoms with Gasteiger partial charge in [-0.1, -0.05) is 35.9 Å². The molecule has 30 heavy (non-hydrogen) atoms. The Kier molecular flexibility index (Phi) is 6.11. The smallest absolute Gasteiger partial charge is 0.259 e. The first kappa shape index (κ1) is 20.5. The predicted molar refractivity (Wildman–Crippen MR) is 123 cm³/mol. The normalized spacial score (nSPS) is 14.7. The van der Waals surface area contributed by atoms with Crippen LogP contribution in [0.15, 0.2) is 54.6 Å². The van der Waals surface area contributed by atoms with Gasteiger partial charge >= 0.3 is 0 Å². The predicted octanol–water partition coefficient (Wildman–Crippen LogP) is 3.48. The minimum atomic E-state index is -0.221. The van der Waals surface area contributed by atoms with Crippen molar-refractivity contribution in [3.05, 3.63) is 65.2 Å². The summed E-state index contributed by atoms with van der Waals surface area (Å²) in [5.41, 5.74) is 2.19. The molecule has 0 bridgehead atoms. The highest BCUT2D eigenvalue weighted by molar-refractivity contribution is 6.33. The number of quaternary nitrogens is 1. The molecule has 1 heterocycles. The number of carbonyl (C=O) groups excluding carboxylic acids is 1. The van der Waals surface area contributed by atoms with Crippen molar-refractivity contribution in [2.45, 2.75) is 6.92 Å². The van der Waals surface area contributed by atoms with Crippen LogP contribution in [-0.2, 0) is 0 Å². The summed E-state index contributed by atoms with van der Waals surface area (Å²) in [7, 11) is 1.58. The number of nitrogens with one attached hydrogen (secondary N) is 2. The number of methoxy groups -OCH3 is 1. The highest BCUT2D eigenvalue weighted by atomic mass is 35.5. The summed E-state index contributed by atoms with van der Waals surface area (Å²) in [5, 5.41) is 5.63. The fourth-order valence-electron chi connectivity index (χ4n) is 4.02. The molecule has 0 saturated carbocycles. The molecular formula is C24H27ClN3O2+. The summed E-state index contributed by atoms with van der Waals surface area (Å²) < 4.78 is 5.46. The molecule has 1 fully saturated rings. The van der Waals surface area contributed by atoms with Crippen molar-refractivity contribution in [3.8, 4) is 5.75 Å². The molecule has 0 radical (unpaired) electrons. The standard InChI is InChI=1S/C24H26ClN3O2/c1-3-27-10-12-28(13-11-27)22-9-8-19(16-21(22)25)26-24(29)20-14-17-6-4-5-7-18(17)15-23(20)30-2/h4-9,14-16H,3,10-13H2,1-2H3,(H,26,29)/p+1. The molecule has 1 aliphatic rings. The quantitative estimate of drug-likeness (QED) is 0.659. The van der Waals surface area contributed by atoms with Gasteiger partial charge in [0.05, 0.1) is 56.1 Å². The van der Waals surface area contributed by atoms with Gasteiger partial charge in [0.15, 0.2) is 0 Å². The Bertz CT molecular complexity index is 1060. The number of benzene rings is 3. The van der Waals surface area contributed by atoms with E-state index in [2.05, 4.69) is 17.1 Å². The molecule has 156 valence electrons. The van der Waals surface area contributed by atoms with Crippen molar-refractivity contribution in [1.29, 1.82) is 0 Å². The molecule has 0 aliphatic carbocycles. The topological polar surface area (TPSA) is 46.0 Å². The van der Waals surface area contributed by atoms with Crippen LogP contribution in [-0.4, -0.2) is 45.7 Å². The highest BCUT2D eigenvalue weighted by Crippen LogP contribution is 2.30. The molecule has 0 aromatic heterocycles. The van der Waals surface area contributed by atoms with Gasteiger partial charge < -0.3 is 19.9 Å². The number of hydrogen-bond donors (Lipinski definition) is 2. The van der Waals surface area contributed by atoms with Crippen LogP contribution >= 0.6 is 11.6 Å². The van der Waals surface area contributed by atoms with Crippen LogP contribution in [0.25, 0.3) is 10.8 Å². The van der Waals surface area contributed by atoms with Crippen molar-refractivity contribution in [1.82, 2.24) is 0 Å². The zero-order valence-corrected chi connectivity index (χ0v) is 18.1. The van der Waals surface area contributed by atoms with E-state index in [0.29, 0.717) is 22.0 Å². The van der Waals surface area contributed by atoms with E-state index in [1.165, 1.54) is 0 Å². The van der Waals surface area contributed by atoms with E-state index in [1.54, 1.807) is 12.0 Å². The first-order chi connectivity index (χ1) is 14.6. The molecule has 4 rings (SSSR count). The van der Waals surface area contributed by atoms with Crippen LogP contribution in [0.4, 0.5) is 11.4 Å². The molecule has 0 unspecified atom stereocenters. The van der Waals surface area contributed by atoms with Gasteiger partial charge in [-0.3, -0.25) is 4.79 Å². The number of carbonyl (C=O) groups is 1. The van der Waals surface area contributed by atoms with Crippen molar-refractivity contribution >= 4 is 39.7 Å². The Labute approximate surface area is 182 Å². The Balaban J connectivity index is 1.53. The van der Waals surface area contributed by atoms with E-state index in [-0.39, 0.29) is 5.91 Å². The summed E-state index contributed by atoms with van der Waals surface area (Å²) in [6.45, 7) is 7.59. The van der Waals surface area contributed by atoms with Gasteiger partial charge in [0.1, 0.15) is 5.75 Å². The monoisotopic (exact) mass is 424 g/mol. The third kappa shape index (κ3) is 4.23. The summed E-state index contributed by atoms with van der Waals surface area (Å²) in [6.07, 6.45) is 0. The summed E-state index contributed by atoms with van der Waals surface area (Å²) >= 11 is 6.57. The molecule has 0 atom stereocenters. The second kappa shape index (κ2) is 8.94. The molecule has 5 nitrogen and oxygen atoms in total. The third-order valence-corrected chi connectivity index (χ3v) is 6.13. The number of halogens is 1. The zero-order valence-electron chi connectivity index (χ0n) is 17.4. The van der Waals surface area contributed by atoms with Gasteiger partial charge in [-0.05, 0) is 48.0 Å². The van der Waals surface area contributed by atoms with E-state index >= 15 is 0 Å². The maximum Gasteiger partial charge on any atom is 0.259 e. The van der Waals surface area contributed by atoms with Gasteiger partial charge in [-0.2, -0.15) is 0 Å². The lowest BCUT2D eigenvalue weighted by Crippen LogP contribution is -3.14. The second-order valence-corrected chi connectivity index (χ2v) is 8.02. The SMILES string of the molecule is CC[NH+]1CCN(c2ccc(NC(=O)c3cc4ccccc4cc3OC)cc2Cl)CC1. The number of fused-ring (bicyclic) bond motifs is 1. The number of piperazine rings is 1. The molecular weight excluding hydrogens is 398 g/mol. The number of anilines is 2. The van der Waals surface area contributed by atoms with Crippen LogP contribution in [0.5, 0.6) is 5.75 Å². The Hall–Kier alpha value is -2.76. The third-order valence-electron chi connectivity index (χ3n) is 5.83. The highest BCUT2D eigenvalue weighted by Gasteiger charge is 2.21. The van der Waals surface area contributed by atoms with Gasteiger partial charge in [-0.25, -0.2) is 0 Å². The summed E-state index contributed by atoms with van der Waals surface area (Å²) in [4.78, 5) is 16.9. The van der Waals surface area contributed by atoms with E-state index in [0.717, 1.165) is 49.2 Å². The van der Waals surface area contributed by atoms with E-state index in [1.807, 2.05) is 54.6 Å². The summed E-state index contributed by atoms with van der Waals surface area (Å²) in [5.74, 6) is 0.326. The minimum Gasteiger partial charge on any atom is -0.496 e. The van der Waals surface area contributed by atoms with Gasteiger partial charge in [0.2, 0.25) is 0 Å². The summed E-state index contributed by atoms with van der Waals surface area (Å²) in [6, 6.07) is 17.4. The van der Waals surface area contributed by atoms with Crippen molar-refractivity contribution in [2.75, 3.05) is 50.1 Å². The maximum atomic E-state index is 13.0. The van der Waals surface area contributed by atoms with Crippen LogP contribution in [0, 0.1) is 0 Å². The molecule has 1 saturated heterocycles. The van der Waals surface area contributed by atoms with Crippen molar-refractivity contribution in [3.63, 3.8) is 0 Å².